The third-order valence-electron chi connectivity index (χ3n) is 3.27. The normalized spacial score (nSPS) is 30.4. The largest absolute Gasteiger partial charge is 0.380 e. The molecule has 1 aliphatic carbocycles. The molecular formula is C13H27NO. The quantitative estimate of drug-likeness (QED) is 0.709. The average Bonchev–Trinajstić information content (AvgIpc) is 2.09. The van der Waals surface area contributed by atoms with Gasteiger partial charge in [0.2, 0.25) is 0 Å². The lowest BCUT2D eigenvalue weighted by molar-refractivity contribution is 0.123. The maximum Gasteiger partial charge on any atom is 0.0590 e. The fourth-order valence-corrected chi connectivity index (χ4v) is 2.98. The molecule has 90 valence electrons. The van der Waals surface area contributed by atoms with Crippen molar-refractivity contribution in [3.8, 4) is 0 Å². The molecule has 0 heterocycles. The van der Waals surface area contributed by atoms with E-state index in [1.165, 1.54) is 19.3 Å². The summed E-state index contributed by atoms with van der Waals surface area (Å²) in [4.78, 5) is 0. The molecule has 1 N–H and O–H groups in total. The van der Waals surface area contributed by atoms with E-state index in [1.807, 2.05) is 6.92 Å². The first kappa shape index (κ1) is 13.0. The van der Waals surface area contributed by atoms with Crippen LogP contribution in [0.15, 0.2) is 0 Å². The Morgan fingerprint density at radius 2 is 2.07 bits per heavy atom. The van der Waals surface area contributed by atoms with Crippen LogP contribution in [-0.4, -0.2) is 25.8 Å². The molecule has 15 heavy (non-hydrogen) atoms. The van der Waals surface area contributed by atoms with Crippen LogP contribution in [0.1, 0.15) is 47.0 Å². The first-order valence-electron chi connectivity index (χ1n) is 6.34. The highest BCUT2D eigenvalue weighted by Gasteiger charge is 2.31. The topological polar surface area (TPSA) is 21.3 Å². The fourth-order valence-electron chi connectivity index (χ4n) is 2.98. The maximum atomic E-state index is 5.34. The number of rotatable bonds is 5. The van der Waals surface area contributed by atoms with Gasteiger partial charge < -0.3 is 10.1 Å². The summed E-state index contributed by atoms with van der Waals surface area (Å²) in [5.41, 5.74) is 0.515. The van der Waals surface area contributed by atoms with Gasteiger partial charge in [-0.15, -0.1) is 0 Å². The van der Waals surface area contributed by atoms with E-state index in [1.54, 1.807) is 0 Å². The smallest absolute Gasteiger partial charge is 0.0590 e. The standard InChI is InChI=1S/C13H27NO/c1-5-15-7-6-14-12-8-11(2)9-13(3,4)10-12/h11-12,14H,5-10H2,1-4H3/t11-,12-/m0/s1. The molecule has 1 fully saturated rings. The molecule has 1 rings (SSSR count). The van der Waals surface area contributed by atoms with Gasteiger partial charge in [-0.1, -0.05) is 20.8 Å². The van der Waals surface area contributed by atoms with Gasteiger partial charge >= 0.3 is 0 Å². The van der Waals surface area contributed by atoms with Gasteiger partial charge in [0.25, 0.3) is 0 Å². The highest BCUT2D eigenvalue weighted by atomic mass is 16.5. The Hall–Kier alpha value is -0.0800. The Bertz CT molecular complexity index is 179. The van der Waals surface area contributed by atoms with Crippen LogP contribution in [0.25, 0.3) is 0 Å². The lowest BCUT2D eigenvalue weighted by atomic mass is 9.70. The van der Waals surface area contributed by atoms with Crippen LogP contribution in [0, 0.1) is 11.3 Å². The van der Waals surface area contributed by atoms with Crippen molar-refractivity contribution in [3.05, 3.63) is 0 Å². The predicted molar refractivity (Wildman–Crippen MR) is 65.1 cm³/mol. The summed E-state index contributed by atoms with van der Waals surface area (Å²) in [6.07, 6.45) is 4.01. The molecule has 0 saturated heterocycles. The van der Waals surface area contributed by atoms with Crippen LogP contribution < -0.4 is 5.32 Å². The highest BCUT2D eigenvalue weighted by molar-refractivity contribution is 4.86. The van der Waals surface area contributed by atoms with Gasteiger partial charge in [-0.3, -0.25) is 0 Å². The molecule has 1 aliphatic rings. The van der Waals surface area contributed by atoms with Gasteiger partial charge in [-0.05, 0) is 37.5 Å². The van der Waals surface area contributed by atoms with Crippen molar-refractivity contribution in [1.82, 2.24) is 5.32 Å². The van der Waals surface area contributed by atoms with Gasteiger partial charge in [0.05, 0.1) is 6.61 Å². The monoisotopic (exact) mass is 213 g/mol. The number of nitrogens with one attached hydrogen (secondary N) is 1. The first-order chi connectivity index (χ1) is 7.03. The van der Waals surface area contributed by atoms with E-state index >= 15 is 0 Å². The van der Waals surface area contributed by atoms with E-state index in [4.69, 9.17) is 4.74 Å². The van der Waals surface area contributed by atoms with E-state index in [-0.39, 0.29) is 0 Å². The van der Waals surface area contributed by atoms with Crippen LogP contribution in [0.3, 0.4) is 0 Å². The minimum Gasteiger partial charge on any atom is -0.380 e. The molecule has 0 spiro atoms. The van der Waals surface area contributed by atoms with Crippen molar-refractivity contribution in [2.45, 2.75) is 53.0 Å². The molecule has 0 aromatic carbocycles. The van der Waals surface area contributed by atoms with Crippen molar-refractivity contribution in [2.24, 2.45) is 11.3 Å². The van der Waals surface area contributed by atoms with Crippen molar-refractivity contribution in [2.75, 3.05) is 19.8 Å². The molecule has 0 radical (unpaired) electrons. The summed E-state index contributed by atoms with van der Waals surface area (Å²) in [6.45, 7) is 11.9. The van der Waals surface area contributed by atoms with Crippen LogP contribution in [0.4, 0.5) is 0 Å². The molecule has 0 aromatic heterocycles. The van der Waals surface area contributed by atoms with Gasteiger partial charge in [0.1, 0.15) is 0 Å². The number of hydrogen-bond acceptors (Lipinski definition) is 2. The molecule has 0 bridgehead atoms. The zero-order valence-electron chi connectivity index (χ0n) is 10.8. The third-order valence-corrected chi connectivity index (χ3v) is 3.27. The minimum absolute atomic E-state index is 0.515. The molecule has 2 nitrogen and oxygen atoms in total. The summed E-state index contributed by atoms with van der Waals surface area (Å²) < 4.78 is 5.34. The summed E-state index contributed by atoms with van der Waals surface area (Å²) in [6, 6.07) is 0.698. The van der Waals surface area contributed by atoms with Crippen molar-refractivity contribution >= 4 is 0 Å². The van der Waals surface area contributed by atoms with E-state index < -0.39 is 0 Å². The molecule has 0 aromatic rings. The Morgan fingerprint density at radius 3 is 2.67 bits per heavy atom. The Balaban J connectivity index is 2.23. The van der Waals surface area contributed by atoms with Crippen LogP contribution in [0.5, 0.6) is 0 Å². The summed E-state index contributed by atoms with van der Waals surface area (Å²) >= 11 is 0. The molecule has 0 aliphatic heterocycles. The molecular weight excluding hydrogens is 186 g/mol. The molecule has 0 amide bonds. The predicted octanol–water partition coefficient (Wildman–Crippen LogP) is 2.83. The average molecular weight is 213 g/mol. The minimum atomic E-state index is 0.515. The molecule has 2 heteroatoms. The van der Waals surface area contributed by atoms with Crippen LogP contribution in [-0.2, 0) is 4.74 Å². The fraction of sp³-hybridized carbons (Fsp3) is 1.00. The van der Waals surface area contributed by atoms with Gasteiger partial charge in [-0.25, -0.2) is 0 Å². The zero-order chi connectivity index (χ0) is 11.3. The lowest BCUT2D eigenvalue weighted by Crippen LogP contribution is -2.41. The van der Waals surface area contributed by atoms with E-state index in [9.17, 15) is 0 Å². The van der Waals surface area contributed by atoms with Gasteiger partial charge in [-0.2, -0.15) is 0 Å². The van der Waals surface area contributed by atoms with E-state index in [2.05, 4.69) is 26.1 Å². The molecule has 0 unspecified atom stereocenters. The zero-order valence-corrected chi connectivity index (χ0v) is 10.8. The van der Waals surface area contributed by atoms with Gasteiger partial charge in [0, 0.05) is 19.2 Å². The number of hydrogen-bond donors (Lipinski definition) is 1. The van der Waals surface area contributed by atoms with Gasteiger partial charge in [0.15, 0.2) is 0 Å². The van der Waals surface area contributed by atoms with Crippen molar-refractivity contribution in [3.63, 3.8) is 0 Å². The van der Waals surface area contributed by atoms with E-state index in [0.717, 1.165) is 25.7 Å². The van der Waals surface area contributed by atoms with Crippen LogP contribution in [0.2, 0.25) is 0 Å². The summed E-state index contributed by atoms with van der Waals surface area (Å²) in [7, 11) is 0. The lowest BCUT2D eigenvalue weighted by Gasteiger charge is -2.39. The second-order valence-electron chi connectivity index (χ2n) is 5.76. The Morgan fingerprint density at radius 1 is 1.33 bits per heavy atom. The Labute approximate surface area is 94.8 Å². The third kappa shape index (κ3) is 4.98. The Kier molecular flexibility index (Phi) is 5.07. The molecule has 1 saturated carbocycles. The van der Waals surface area contributed by atoms with Crippen LogP contribution >= 0.6 is 0 Å². The second-order valence-corrected chi connectivity index (χ2v) is 5.76. The SMILES string of the molecule is CCOCCN[C@H]1C[C@H](C)CC(C)(C)C1. The summed E-state index contributed by atoms with van der Waals surface area (Å²) in [5.74, 6) is 0.860. The first-order valence-corrected chi connectivity index (χ1v) is 6.34. The second kappa shape index (κ2) is 5.86. The molecule has 2 atom stereocenters. The number of ether oxygens (including phenoxy) is 1. The maximum absolute atomic E-state index is 5.34. The highest BCUT2D eigenvalue weighted by Crippen LogP contribution is 2.38. The van der Waals surface area contributed by atoms with E-state index in [0.29, 0.717) is 11.5 Å². The van der Waals surface area contributed by atoms with Crippen molar-refractivity contribution in [1.29, 1.82) is 0 Å². The van der Waals surface area contributed by atoms with Crippen molar-refractivity contribution < 1.29 is 4.74 Å². The summed E-state index contributed by atoms with van der Waals surface area (Å²) in [5, 5.41) is 3.62.